The first-order valence-corrected chi connectivity index (χ1v) is 13.2. The summed E-state index contributed by atoms with van der Waals surface area (Å²) in [4.78, 5) is 25.8. The van der Waals surface area contributed by atoms with E-state index in [1.807, 2.05) is 6.92 Å². The Labute approximate surface area is 217 Å². The van der Waals surface area contributed by atoms with Crippen molar-refractivity contribution in [3.05, 3.63) is 78.4 Å². The Bertz CT molecular complexity index is 1330. The van der Waals surface area contributed by atoms with Crippen LogP contribution in [0.25, 0.3) is 0 Å². The average molecular weight is 526 g/mol. The first-order valence-electron chi connectivity index (χ1n) is 11.8. The predicted molar refractivity (Wildman–Crippen MR) is 143 cm³/mol. The highest BCUT2D eigenvalue weighted by Crippen LogP contribution is 2.33. The molecule has 0 aliphatic carbocycles. The van der Waals surface area contributed by atoms with E-state index in [9.17, 15) is 18.0 Å². The molecule has 0 saturated carbocycles. The highest BCUT2D eigenvalue weighted by molar-refractivity contribution is 7.92. The number of carbonyl (C=O) groups is 2. The van der Waals surface area contributed by atoms with Crippen LogP contribution in [-0.4, -0.2) is 47.5 Å². The number of nitrogens with one attached hydrogen (secondary N) is 2. The zero-order valence-corrected chi connectivity index (χ0v) is 21.9. The number of hydrogen-bond acceptors (Lipinski definition) is 6. The highest BCUT2D eigenvalue weighted by atomic mass is 32.2. The molecule has 0 spiro atoms. The van der Waals surface area contributed by atoms with Crippen LogP contribution in [0, 0.1) is 0 Å². The van der Waals surface area contributed by atoms with Crippen molar-refractivity contribution in [1.29, 1.82) is 0 Å². The molecule has 0 atom stereocenters. The van der Waals surface area contributed by atoms with Crippen molar-refractivity contribution in [3.8, 4) is 11.5 Å². The van der Waals surface area contributed by atoms with Crippen LogP contribution in [0.1, 0.15) is 30.1 Å². The quantitative estimate of drug-likeness (QED) is 0.345. The van der Waals surface area contributed by atoms with Gasteiger partial charge >= 0.3 is 0 Å². The van der Waals surface area contributed by atoms with Crippen LogP contribution >= 0.6 is 0 Å². The molecule has 0 aliphatic rings. The van der Waals surface area contributed by atoms with E-state index in [-0.39, 0.29) is 27.7 Å². The second-order valence-corrected chi connectivity index (χ2v) is 9.93. The molecule has 0 radical (unpaired) electrons. The largest absolute Gasteiger partial charge is 0.493 e. The van der Waals surface area contributed by atoms with E-state index in [4.69, 9.17) is 9.47 Å². The van der Waals surface area contributed by atoms with Gasteiger partial charge in [-0.3, -0.25) is 13.9 Å². The number of para-hydroxylation sites is 1. The third-order valence-corrected chi connectivity index (χ3v) is 7.32. The summed E-state index contributed by atoms with van der Waals surface area (Å²) in [6.07, 6.45) is 1.76. The number of nitrogens with zero attached hydrogens (tertiary/aromatic N) is 1. The first-order chi connectivity index (χ1) is 17.8. The van der Waals surface area contributed by atoms with Gasteiger partial charge in [-0.2, -0.15) is 0 Å². The maximum atomic E-state index is 13.6. The zero-order chi connectivity index (χ0) is 26.8. The maximum Gasteiger partial charge on any atom is 0.264 e. The molecule has 0 fully saturated rings. The molecule has 9 nitrogen and oxygen atoms in total. The monoisotopic (exact) mass is 525 g/mol. The Balaban J connectivity index is 1.93. The minimum absolute atomic E-state index is 0.0216. The van der Waals surface area contributed by atoms with Gasteiger partial charge in [0.1, 0.15) is 6.54 Å². The van der Waals surface area contributed by atoms with Gasteiger partial charge in [-0.05, 0) is 42.8 Å². The smallest absolute Gasteiger partial charge is 0.264 e. The molecule has 196 valence electrons. The fourth-order valence-corrected chi connectivity index (χ4v) is 5.03. The Morgan fingerprint density at radius 2 is 1.57 bits per heavy atom. The van der Waals surface area contributed by atoms with Crippen molar-refractivity contribution in [2.24, 2.45) is 0 Å². The van der Waals surface area contributed by atoms with Gasteiger partial charge in [0.25, 0.3) is 15.9 Å². The van der Waals surface area contributed by atoms with Crippen molar-refractivity contribution in [1.82, 2.24) is 5.32 Å². The van der Waals surface area contributed by atoms with E-state index in [1.54, 1.807) is 48.5 Å². The predicted octanol–water partition coefficient (Wildman–Crippen LogP) is 4.07. The molecule has 0 aliphatic heterocycles. The molecule has 2 amide bonds. The molecule has 0 unspecified atom stereocenters. The summed E-state index contributed by atoms with van der Waals surface area (Å²) in [7, 11) is -1.22. The van der Waals surface area contributed by atoms with E-state index in [2.05, 4.69) is 10.6 Å². The minimum Gasteiger partial charge on any atom is -0.493 e. The molecule has 3 aromatic carbocycles. The van der Waals surface area contributed by atoms with Crippen LogP contribution in [-0.2, 0) is 14.8 Å². The summed E-state index contributed by atoms with van der Waals surface area (Å²) >= 11 is 0. The van der Waals surface area contributed by atoms with Crippen molar-refractivity contribution in [2.45, 2.75) is 24.7 Å². The van der Waals surface area contributed by atoms with Crippen molar-refractivity contribution in [2.75, 3.05) is 36.9 Å². The van der Waals surface area contributed by atoms with Crippen LogP contribution in [0.15, 0.2) is 77.7 Å². The van der Waals surface area contributed by atoms with Crippen molar-refractivity contribution >= 4 is 33.2 Å². The second-order valence-electron chi connectivity index (χ2n) is 8.07. The first kappa shape index (κ1) is 27.5. The van der Waals surface area contributed by atoms with E-state index in [1.165, 1.54) is 38.5 Å². The number of unbranched alkanes of at least 4 members (excludes halogenated alkanes) is 1. The Morgan fingerprint density at radius 3 is 2.24 bits per heavy atom. The lowest BCUT2D eigenvalue weighted by Crippen LogP contribution is -2.38. The maximum absolute atomic E-state index is 13.6. The van der Waals surface area contributed by atoms with Crippen LogP contribution < -0.4 is 24.4 Å². The number of ether oxygens (including phenoxy) is 2. The van der Waals surface area contributed by atoms with Crippen LogP contribution in [0.4, 0.5) is 11.4 Å². The molecule has 2 N–H and O–H groups in total. The van der Waals surface area contributed by atoms with Gasteiger partial charge < -0.3 is 20.1 Å². The molecule has 3 rings (SSSR count). The Hall–Kier alpha value is -4.05. The van der Waals surface area contributed by atoms with Gasteiger partial charge in [0.05, 0.1) is 36.1 Å². The standard InChI is InChI=1S/C27H31N3O6S/c1-4-5-17-28-27(32)22-13-9-10-14-23(22)29-26(31)19-30(37(33,34)21-11-7-6-8-12-21)20-15-16-24(35-2)25(18-20)36-3/h6-16,18H,4-5,17,19H2,1-3H3,(H,28,32)(H,29,31). The summed E-state index contributed by atoms with van der Waals surface area (Å²) < 4.78 is 38.8. The van der Waals surface area contributed by atoms with E-state index in [0.29, 0.717) is 18.0 Å². The van der Waals surface area contributed by atoms with Gasteiger partial charge in [0.2, 0.25) is 5.91 Å². The van der Waals surface area contributed by atoms with E-state index >= 15 is 0 Å². The Morgan fingerprint density at radius 1 is 0.892 bits per heavy atom. The molecular weight excluding hydrogens is 494 g/mol. The molecule has 0 heterocycles. The lowest BCUT2D eigenvalue weighted by molar-refractivity contribution is -0.114. The average Bonchev–Trinajstić information content (AvgIpc) is 2.92. The summed E-state index contributed by atoms with van der Waals surface area (Å²) in [6, 6.07) is 19.0. The van der Waals surface area contributed by atoms with E-state index in [0.717, 1.165) is 17.1 Å². The third-order valence-electron chi connectivity index (χ3n) is 5.54. The van der Waals surface area contributed by atoms with Crippen LogP contribution in [0.3, 0.4) is 0 Å². The normalized spacial score (nSPS) is 10.9. The number of benzene rings is 3. The Kier molecular flexibility index (Phi) is 9.51. The zero-order valence-electron chi connectivity index (χ0n) is 21.1. The molecule has 3 aromatic rings. The summed E-state index contributed by atoms with van der Waals surface area (Å²) in [5.74, 6) is -0.223. The topological polar surface area (TPSA) is 114 Å². The number of rotatable bonds is 12. The number of methoxy groups -OCH3 is 2. The number of carbonyl (C=O) groups excluding carboxylic acids is 2. The van der Waals surface area contributed by atoms with Gasteiger partial charge in [0, 0.05) is 12.6 Å². The van der Waals surface area contributed by atoms with Gasteiger partial charge in [-0.25, -0.2) is 8.42 Å². The highest BCUT2D eigenvalue weighted by Gasteiger charge is 2.28. The lowest BCUT2D eigenvalue weighted by Gasteiger charge is -2.25. The molecule has 10 heteroatoms. The van der Waals surface area contributed by atoms with Crippen LogP contribution in [0.2, 0.25) is 0 Å². The summed E-state index contributed by atoms with van der Waals surface area (Å²) in [5, 5.41) is 5.52. The minimum atomic E-state index is -4.13. The fourth-order valence-electron chi connectivity index (χ4n) is 3.60. The third kappa shape index (κ3) is 6.79. The SMILES string of the molecule is CCCCNC(=O)c1ccccc1NC(=O)CN(c1ccc(OC)c(OC)c1)S(=O)(=O)c1ccccc1. The number of hydrogen-bond donors (Lipinski definition) is 2. The lowest BCUT2D eigenvalue weighted by atomic mass is 10.1. The van der Waals surface area contributed by atoms with Gasteiger partial charge in [-0.1, -0.05) is 43.7 Å². The van der Waals surface area contributed by atoms with E-state index < -0.39 is 22.5 Å². The molecule has 0 bridgehead atoms. The molecule has 37 heavy (non-hydrogen) atoms. The number of sulfonamides is 1. The summed E-state index contributed by atoms with van der Waals surface area (Å²) in [5.41, 5.74) is 0.781. The van der Waals surface area contributed by atoms with Gasteiger partial charge in [0.15, 0.2) is 11.5 Å². The van der Waals surface area contributed by atoms with Gasteiger partial charge in [-0.15, -0.1) is 0 Å². The molecule has 0 aromatic heterocycles. The molecular formula is C27H31N3O6S. The fraction of sp³-hybridized carbons (Fsp3) is 0.259. The van der Waals surface area contributed by atoms with Crippen LogP contribution in [0.5, 0.6) is 11.5 Å². The summed E-state index contributed by atoms with van der Waals surface area (Å²) in [6.45, 7) is 1.99. The van der Waals surface area contributed by atoms with Crippen molar-refractivity contribution < 1.29 is 27.5 Å². The van der Waals surface area contributed by atoms with Crippen molar-refractivity contribution in [3.63, 3.8) is 0 Å². The number of amides is 2. The second kappa shape index (κ2) is 12.8. The molecule has 0 saturated heterocycles. The number of anilines is 2.